The lowest BCUT2D eigenvalue weighted by Gasteiger charge is -2.30. The molecule has 2 aliphatic carbocycles. The van der Waals surface area contributed by atoms with E-state index in [4.69, 9.17) is 0 Å². The smallest absolute Gasteiger partial charge is 0.130 e. The molecule has 0 radical (unpaired) electrons. The van der Waals surface area contributed by atoms with Crippen LogP contribution in [0.25, 0.3) is 0 Å². The van der Waals surface area contributed by atoms with Gasteiger partial charge >= 0.3 is 0 Å². The first-order chi connectivity index (χ1) is 12.2. The van der Waals surface area contributed by atoms with Gasteiger partial charge < -0.3 is 0 Å². The van der Waals surface area contributed by atoms with Crippen LogP contribution in [0.1, 0.15) is 22.7 Å². The highest BCUT2D eigenvalue weighted by Gasteiger charge is 2.51. The molecule has 4 unspecified atom stereocenters. The fraction of sp³-hybridized carbons (Fsp3) is 0.273. The summed E-state index contributed by atoms with van der Waals surface area (Å²) in [5.74, 6) is -0.0427. The minimum absolute atomic E-state index is 0.175. The van der Waals surface area contributed by atoms with Crippen molar-refractivity contribution in [3.63, 3.8) is 0 Å². The first-order valence-electron chi connectivity index (χ1n) is 8.85. The normalized spacial score (nSPS) is 29.5. The predicted molar refractivity (Wildman–Crippen MR) is 93.8 cm³/mol. The Morgan fingerprint density at radius 2 is 1.68 bits per heavy atom. The fourth-order valence-corrected chi connectivity index (χ4v) is 4.97. The number of rotatable bonds is 2. The van der Waals surface area contributed by atoms with Gasteiger partial charge in [-0.15, -0.1) is 0 Å². The van der Waals surface area contributed by atoms with Crippen LogP contribution in [0.3, 0.4) is 0 Å². The van der Waals surface area contributed by atoms with E-state index in [1.54, 1.807) is 0 Å². The molecule has 25 heavy (non-hydrogen) atoms. The van der Waals surface area contributed by atoms with Gasteiger partial charge in [-0.3, -0.25) is 4.90 Å². The molecule has 0 amide bonds. The van der Waals surface area contributed by atoms with Crippen molar-refractivity contribution in [3.8, 4) is 0 Å². The quantitative estimate of drug-likeness (QED) is 0.762. The SMILES string of the molecule is Fc1cccc(F)c1CN1C2C=CC=CC2C2Cc3ccccc3C21. The van der Waals surface area contributed by atoms with E-state index in [9.17, 15) is 8.78 Å². The molecule has 2 aromatic rings. The summed E-state index contributed by atoms with van der Waals surface area (Å²) in [7, 11) is 0. The highest BCUT2D eigenvalue weighted by Crippen LogP contribution is 2.53. The van der Waals surface area contributed by atoms with Gasteiger partial charge in [0.1, 0.15) is 11.6 Å². The minimum atomic E-state index is -0.457. The minimum Gasteiger partial charge on any atom is -0.285 e. The van der Waals surface area contributed by atoms with Gasteiger partial charge in [-0.1, -0.05) is 54.6 Å². The lowest BCUT2D eigenvalue weighted by atomic mass is 9.85. The largest absolute Gasteiger partial charge is 0.285 e. The van der Waals surface area contributed by atoms with Gasteiger partial charge in [0, 0.05) is 30.1 Å². The summed E-state index contributed by atoms with van der Waals surface area (Å²) in [6.45, 7) is 0.299. The summed E-state index contributed by atoms with van der Waals surface area (Å²) in [5.41, 5.74) is 2.87. The third-order valence-corrected chi connectivity index (χ3v) is 6.02. The van der Waals surface area contributed by atoms with Crippen LogP contribution >= 0.6 is 0 Å². The highest BCUT2D eigenvalue weighted by molar-refractivity contribution is 5.41. The van der Waals surface area contributed by atoms with Crippen LogP contribution in [0.15, 0.2) is 66.8 Å². The van der Waals surface area contributed by atoms with Gasteiger partial charge in [0.25, 0.3) is 0 Å². The molecule has 0 saturated carbocycles. The number of hydrogen-bond acceptors (Lipinski definition) is 1. The van der Waals surface area contributed by atoms with Gasteiger partial charge in [-0.2, -0.15) is 0 Å². The molecule has 0 bridgehead atoms. The van der Waals surface area contributed by atoms with E-state index in [0.29, 0.717) is 18.4 Å². The molecule has 0 spiro atoms. The van der Waals surface area contributed by atoms with E-state index >= 15 is 0 Å². The molecule has 1 aliphatic heterocycles. The summed E-state index contributed by atoms with van der Waals surface area (Å²) in [5, 5.41) is 0. The standard InChI is InChI=1S/C22H19F2N/c23-19-9-5-10-20(24)18(19)13-25-21-11-4-3-8-16(21)17-12-14-6-1-2-7-15(14)22(17)25/h1-11,16-17,21-22H,12-13H2. The molecular weight excluding hydrogens is 316 g/mol. The predicted octanol–water partition coefficient (Wildman–Crippen LogP) is 4.80. The van der Waals surface area contributed by atoms with E-state index in [-0.39, 0.29) is 17.6 Å². The van der Waals surface area contributed by atoms with E-state index in [2.05, 4.69) is 53.5 Å². The molecular formula is C22H19F2N. The van der Waals surface area contributed by atoms with Gasteiger partial charge in [0.2, 0.25) is 0 Å². The van der Waals surface area contributed by atoms with Crippen LogP contribution in [0, 0.1) is 23.5 Å². The summed E-state index contributed by atoms with van der Waals surface area (Å²) >= 11 is 0. The summed E-state index contributed by atoms with van der Waals surface area (Å²) in [4.78, 5) is 2.29. The Labute approximate surface area is 146 Å². The zero-order valence-corrected chi connectivity index (χ0v) is 13.8. The maximum absolute atomic E-state index is 14.3. The van der Waals surface area contributed by atoms with Crippen molar-refractivity contribution in [2.75, 3.05) is 0 Å². The number of nitrogens with zero attached hydrogens (tertiary/aromatic N) is 1. The molecule has 126 valence electrons. The molecule has 1 heterocycles. The van der Waals surface area contributed by atoms with Crippen molar-refractivity contribution in [1.29, 1.82) is 0 Å². The average molecular weight is 335 g/mol. The van der Waals surface area contributed by atoms with Crippen molar-refractivity contribution in [2.24, 2.45) is 11.8 Å². The number of hydrogen-bond donors (Lipinski definition) is 0. The Kier molecular flexibility index (Phi) is 3.39. The molecule has 3 heteroatoms. The number of allylic oxidation sites excluding steroid dienone is 2. The molecule has 1 fully saturated rings. The van der Waals surface area contributed by atoms with Gasteiger partial charge in [0.05, 0.1) is 0 Å². The Morgan fingerprint density at radius 3 is 2.52 bits per heavy atom. The molecule has 1 nitrogen and oxygen atoms in total. The van der Waals surface area contributed by atoms with Crippen LogP contribution in [0.4, 0.5) is 8.78 Å². The van der Waals surface area contributed by atoms with E-state index in [1.807, 2.05) is 0 Å². The average Bonchev–Trinajstić information content (AvgIpc) is 3.14. The highest BCUT2D eigenvalue weighted by atomic mass is 19.1. The van der Waals surface area contributed by atoms with Crippen molar-refractivity contribution < 1.29 is 8.78 Å². The summed E-state index contributed by atoms with van der Waals surface area (Å²) in [6, 6.07) is 13.1. The zero-order chi connectivity index (χ0) is 17.0. The molecule has 0 N–H and O–H groups in total. The van der Waals surface area contributed by atoms with Crippen LogP contribution < -0.4 is 0 Å². The Hall–Kier alpha value is -2.26. The van der Waals surface area contributed by atoms with Crippen LogP contribution in [-0.4, -0.2) is 10.9 Å². The second-order valence-electron chi connectivity index (χ2n) is 7.22. The lowest BCUT2D eigenvalue weighted by Crippen LogP contribution is -2.33. The zero-order valence-electron chi connectivity index (χ0n) is 13.8. The van der Waals surface area contributed by atoms with E-state index in [1.165, 1.54) is 29.3 Å². The van der Waals surface area contributed by atoms with Gasteiger partial charge in [-0.05, 0) is 35.6 Å². The number of halogens is 2. The Bertz CT molecular complexity index is 865. The number of benzene rings is 2. The van der Waals surface area contributed by atoms with E-state index < -0.39 is 11.6 Å². The maximum atomic E-state index is 14.3. The van der Waals surface area contributed by atoms with Gasteiger partial charge in [0.15, 0.2) is 0 Å². The summed E-state index contributed by atoms with van der Waals surface area (Å²) in [6.07, 6.45) is 9.65. The molecule has 2 aromatic carbocycles. The topological polar surface area (TPSA) is 3.24 Å². The van der Waals surface area contributed by atoms with Crippen molar-refractivity contribution in [2.45, 2.75) is 25.0 Å². The number of likely N-dealkylation sites (tertiary alicyclic amines) is 1. The molecule has 5 rings (SSSR count). The second-order valence-corrected chi connectivity index (χ2v) is 7.22. The van der Waals surface area contributed by atoms with Crippen molar-refractivity contribution in [3.05, 3.63) is 95.1 Å². The van der Waals surface area contributed by atoms with Crippen molar-refractivity contribution >= 4 is 0 Å². The van der Waals surface area contributed by atoms with Crippen molar-refractivity contribution in [1.82, 2.24) is 4.90 Å². The van der Waals surface area contributed by atoms with Gasteiger partial charge in [-0.25, -0.2) is 8.78 Å². The third kappa shape index (κ3) is 2.22. The molecule has 4 atom stereocenters. The van der Waals surface area contributed by atoms with Crippen LogP contribution in [0.5, 0.6) is 0 Å². The second kappa shape index (κ2) is 5.63. The molecule has 0 aromatic heterocycles. The third-order valence-electron chi connectivity index (χ3n) is 6.02. The summed E-state index contributed by atoms with van der Waals surface area (Å²) < 4.78 is 28.5. The lowest BCUT2D eigenvalue weighted by molar-refractivity contribution is 0.193. The van der Waals surface area contributed by atoms with Crippen LogP contribution in [-0.2, 0) is 13.0 Å². The number of fused-ring (bicyclic) bond motifs is 5. The van der Waals surface area contributed by atoms with E-state index in [0.717, 1.165) is 6.42 Å². The first-order valence-corrected chi connectivity index (χ1v) is 8.85. The monoisotopic (exact) mass is 335 g/mol. The Balaban J connectivity index is 1.59. The maximum Gasteiger partial charge on any atom is 0.130 e. The molecule has 1 saturated heterocycles. The van der Waals surface area contributed by atoms with Crippen LogP contribution in [0.2, 0.25) is 0 Å². The Morgan fingerprint density at radius 1 is 0.920 bits per heavy atom. The fourth-order valence-electron chi connectivity index (χ4n) is 4.97. The first kappa shape index (κ1) is 15.0. The molecule has 3 aliphatic rings.